The van der Waals surface area contributed by atoms with Gasteiger partial charge in [0.05, 0.1) is 25.2 Å². The van der Waals surface area contributed by atoms with Crippen molar-refractivity contribution >= 4 is 5.97 Å². The number of rotatable bonds is 1. The first-order valence-corrected chi connectivity index (χ1v) is 4.25. The number of carbonyl (C=O) groups excluding carboxylic acids is 1. The first-order valence-electron chi connectivity index (χ1n) is 4.25. The van der Waals surface area contributed by atoms with Crippen LogP contribution in [0.5, 0.6) is 0 Å². The monoisotopic (exact) mass is 189 g/mol. The third kappa shape index (κ3) is 2.18. The molecule has 1 aliphatic rings. The summed E-state index contributed by atoms with van der Waals surface area (Å²) in [5.74, 6) is -0.915. The lowest BCUT2D eigenvalue weighted by atomic mass is 9.82. The standard InChI is InChI=1S/C8H15NO4/c1-13-8(12)4-2-6(10)7(11)3-5(4)9/h4-7,10-11H,2-3,9H2,1H3/t4-,5+,6-,7+/m1/s1. The van der Waals surface area contributed by atoms with Gasteiger partial charge in [0, 0.05) is 6.04 Å². The van der Waals surface area contributed by atoms with Gasteiger partial charge in [0.1, 0.15) is 0 Å². The maximum atomic E-state index is 11.1. The SMILES string of the molecule is COC(=O)[C@@H]1C[C@@H](O)[C@@H](O)C[C@@H]1N. The Kier molecular flexibility index (Phi) is 3.24. The molecule has 0 aromatic rings. The molecular formula is C8H15NO4. The molecule has 4 N–H and O–H groups in total. The molecule has 0 spiro atoms. The van der Waals surface area contributed by atoms with E-state index in [1.54, 1.807) is 0 Å². The van der Waals surface area contributed by atoms with Crippen molar-refractivity contribution in [3.8, 4) is 0 Å². The Morgan fingerprint density at radius 2 is 1.92 bits per heavy atom. The number of ether oxygens (including phenoxy) is 1. The van der Waals surface area contributed by atoms with Gasteiger partial charge in [-0.2, -0.15) is 0 Å². The lowest BCUT2D eigenvalue weighted by Gasteiger charge is -2.33. The third-order valence-corrected chi connectivity index (χ3v) is 2.47. The minimum atomic E-state index is -0.871. The highest BCUT2D eigenvalue weighted by molar-refractivity contribution is 5.73. The summed E-state index contributed by atoms with van der Waals surface area (Å²) in [5, 5.41) is 18.5. The van der Waals surface area contributed by atoms with Crippen LogP contribution >= 0.6 is 0 Å². The Balaban J connectivity index is 2.61. The van der Waals surface area contributed by atoms with Crippen LogP contribution in [0.2, 0.25) is 0 Å². The smallest absolute Gasteiger partial charge is 0.310 e. The van der Waals surface area contributed by atoms with Gasteiger partial charge in [0.2, 0.25) is 0 Å². The van der Waals surface area contributed by atoms with Crippen LogP contribution in [0.1, 0.15) is 12.8 Å². The Hall–Kier alpha value is -0.650. The van der Waals surface area contributed by atoms with Crippen molar-refractivity contribution in [1.82, 2.24) is 0 Å². The normalized spacial score (nSPS) is 40.0. The number of methoxy groups -OCH3 is 1. The Bertz CT molecular complexity index is 197. The highest BCUT2D eigenvalue weighted by atomic mass is 16.5. The van der Waals surface area contributed by atoms with Gasteiger partial charge >= 0.3 is 5.97 Å². The second-order valence-electron chi connectivity index (χ2n) is 3.40. The van der Waals surface area contributed by atoms with Crippen molar-refractivity contribution in [3.63, 3.8) is 0 Å². The average molecular weight is 189 g/mol. The average Bonchev–Trinajstić information content (AvgIpc) is 2.10. The molecule has 0 unspecified atom stereocenters. The fraction of sp³-hybridized carbons (Fsp3) is 0.875. The maximum Gasteiger partial charge on any atom is 0.310 e. The first-order chi connectivity index (χ1) is 6.06. The van der Waals surface area contributed by atoms with Gasteiger partial charge < -0.3 is 20.7 Å². The van der Waals surface area contributed by atoms with Gasteiger partial charge in [0.15, 0.2) is 0 Å². The van der Waals surface area contributed by atoms with Crippen LogP contribution in [-0.4, -0.2) is 41.5 Å². The molecule has 1 aliphatic carbocycles. The van der Waals surface area contributed by atoms with Crippen molar-refractivity contribution in [3.05, 3.63) is 0 Å². The Labute approximate surface area is 76.5 Å². The summed E-state index contributed by atoms with van der Waals surface area (Å²) < 4.78 is 4.53. The topological polar surface area (TPSA) is 92.8 Å². The molecule has 5 heteroatoms. The fourth-order valence-electron chi connectivity index (χ4n) is 1.61. The summed E-state index contributed by atoms with van der Waals surface area (Å²) in [6, 6.07) is -0.425. The molecule has 0 bridgehead atoms. The molecule has 1 saturated carbocycles. The number of aliphatic hydroxyl groups excluding tert-OH is 2. The summed E-state index contributed by atoms with van der Waals surface area (Å²) in [6.07, 6.45) is -1.28. The first kappa shape index (κ1) is 10.4. The predicted octanol–water partition coefficient (Wildman–Crippen LogP) is -1.38. The Morgan fingerprint density at radius 1 is 1.38 bits per heavy atom. The zero-order valence-corrected chi connectivity index (χ0v) is 7.51. The van der Waals surface area contributed by atoms with E-state index in [9.17, 15) is 15.0 Å². The van der Waals surface area contributed by atoms with E-state index < -0.39 is 30.1 Å². The van der Waals surface area contributed by atoms with E-state index in [1.807, 2.05) is 0 Å². The minimum Gasteiger partial charge on any atom is -0.469 e. The number of esters is 1. The molecule has 1 rings (SSSR count). The highest BCUT2D eigenvalue weighted by Crippen LogP contribution is 2.24. The van der Waals surface area contributed by atoms with E-state index in [-0.39, 0.29) is 12.8 Å². The number of hydrogen-bond acceptors (Lipinski definition) is 5. The molecule has 0 radical (unpaired) electrons. The van der Waals surface area contributed by atoms with E-state index in [1.165, 1.54) is 7.11 Å². The molecule has 0 heterocycles. The molecule has 0 saturated heterocycles. The lowest BCUT2D eigenvalue weighted by Crippen LogP contribution is -2.49. The van der Waals surface area contributed by atoms with Gasteiger partial charge in [-0.15, -0.1) is 0 Å². The van der Waals surface area contributed by atoms with Crippen LogP contribution in [0.4, 0.5) is 0 Å². The highest BCUT2D eigenvalue weighted by Gasteiger charge is 2.37. The zero-order chi connectivity index (χ0) is 10.0. The molecule has 1 fully saturated rings. The molecule has 13 heavy (non-hydrogen) atoms. The molecule has 0 aromatic carbocycles. The van der Waals surface area contributed by atoms with Crippen LogP contribution in [0.25, 0.3) is 0 Å². The molecular weight excluding hydrogens is 174 g/mol. The number of aliphatic hydroxyl groups is 2. The Morgan fingerprint density at radius 3 is 2.46 bits per heavy atom. The summed E-state index contributed by atoms with van der Waals surface area (Å²) >= 11 is 0. The molecule has 76 valence electrons. The minimum absolute atomic E-state index is 0.176. The van der Waals surface area contributed by atoms with Crippen molar-refractivity contribution in [2.45, 2.75) is 31.1 Å². The second-order valence-corrected chi connectivity index (χ2v) is 3.40. The van der Waals surface area contributed by atoms with E-state index in [2.05, 4.69) is 4.74 Å². The summed E-state index contributed by atoms with van der Waals surface area (Å²) in [6.45, 7) is 0. The summed E-state index contributed by atoms with van der Waals surface area (Å²) in [7, 11) is 1.28. The lowest BCUT2D eigenvalue weighted by molar-refractivity contribution is -0.151. The molecule has 4 atom stereocenters. The molecule has 5 nitrogen and oxygen atoms in total. The predicted molar refractivity (Wildman–Crippen MR) is 44.7 cm³/mol. The van der Waals surface area contributed by atoms with Crippen molar-refractivity contribution < 1.29 is 19.7 Å². The number of carbonyl (C=O) groups is 1. The third-order valence-electron chi connectivity index (χ3n) is 2.47. The maximum absolute atomic E-state index is 11.1. The summed E-state index contributed by atoms with van der Waals surface area (Å²) in [5.41, 5.74) is 5.64. The van der Waals surface area contributed by atoms with Crippen molar-refractivity contribution in [2.75, 3.05) is 7.11 Å². The van der Waals surface area contributed by atoms with Gasteiger partial charge in [0.25, 0.3) is 0 Å². The van der Waals surface area contributed by atoms with Crippen LogP contribution < -0.4 is 5.73 Å². The van der Waals surface area contributed by atoms with Gasteiger partial charge in [-0.1, -0.05) is 0 Å². The van der Waals surface area contributed by atoms with Crippen LogP contribution in [0.3, 0.4) is 0 Å². The largest absolute Gasteiger partial charge is 0.469 e. The van der Waals surface area contributed by atoms with E-state index >= 15 is 0 Å². The zero-order valence-electron chi connectivity index (χ0n) is 7.51. The van der Waals surface area contributed by atoms with Crippen molar-refractivity contribution in [2.24, 2.45) is 11.7 Å². The summed E-state index contributed by atoms with van der Waals surface area (Å²) in [4.78, 5) is 11.1. The van der Waals surface area contributed by atoms with Crippen LogP contribution in [-0.2, 0) is 9.53 Å². The molecule has 0 aromatic heterocycles. The van der Waals surface area contributed by atoms with E-state index in [4.69, 9.17) is 5.73 Å². The van der Waals surface area contributed by atoms with E-state index in [0.29, 0.717) is 0 Å². The van der Waals surface area contributed by atoms with E-state index in [0.717, 1.165) is 0 Å². The van der Waals surface area contributed by atoms with Gasteiger partial charge in [-0.25, -0.2) is 0 Å². The van der Waals surface area contributed by atoms with Crippen LogP contribution in [0.15, 0.2) is 0 Å². The molecule has 0 aliphatic heterocycles. The quantitative estimate of drug-likeness (QED) is 0.442. The van der Waals surface area contributed by atoms with Gasteiger partial charge in [-0.3, -0.25) is 4.79 Å². The number of hydrogen-bond donors (Lipinski definition) is 3. The number of nitrogens with two attached hydrogens (primary N) is 1. The van der Waals surface area contributed by atoms with Gasteiger partial charge in [-0.05, 0) is 12.8 Å². The van der Waals surface area contributed by atoms with Crippen molar-refractivity contribution in [1.29, 1.82) is 0 Å². The molecule has 0 amide bonds. The van der Waals surface area contributed by atoms with Crippen LogP contribution in [0, 0.1) is 5.92 Å². The fourth-order valence-corrected chi connectivity index (χ4v) is 1.61. The second kappa shape index (κ2) is 4.04.